The van der Waals surface area contributed by atoms with E-state index in [9.17, 15) is 0 Å². The molecule has 1 atom stereocenters. The Morgan fingerprint density at radius 2 is 2.24 bits per heavy atom. The first-order valence-electron chi connectivity index (χ1n) is 5.45. The summed E-state index contributed by atoms with van der Waals surface area (Å²) in [6, 6.07) is 3.94. The fourth-order valence-corrected chi connectivity index (χ4v) is 1.84. The second-order valence-corrected chi connectivity index (χ2v) is 4.34. The van der Waals surface area contributed by atoms with Gasteiger partial charge in [0.15, 0.2) is 0 Å². The molecule has 0 aliphatic carbocycles. The van der Waals surface area contributed by atoms with Gasteiger partial charge in [-0.25, -0.2) is 4.98 Å². The zero-order chi connectivity index (χ0) is 12.3. The molecule has 90 valence electrons. The average molecular weight is 251 g/mol. The minimum Gasteiger partial charge on any atom is -0.338 e. The number of pyridine rings is 1. The Balaban J connectivity index is 2.17. The molecule has 0 aliphatic heterocycles. The van der Waals surface area contributed by atoms with Gasteiger partial charge in [-0.1, -0.05) is 11.6 Å². The van der Waals surface area contributed by atoms with Gasteiger partial charge in [-0.3, -0.25) is 4.98 Å². The highest BCUT2D eigenvalue weighted by molar-refractivity contribution is 6.30. The second-order valence-electron chi connectivity index (χ2n) is 3.90. The molecule has 0 fully saturated rings. The Kier molecular flexibility index (Phi) is 3.76. The molecule has 0 bridgehead atoms. The van der Waals surface area contributed by atoms with E-state index in [1.54, 1.807) is 12.4 Å². The normalized spacial score (nSPS) is 12.6. The first-order valence-corrected chi connectivity index (χ1v) is 5.83. The van der Waals surface area contributed by atoms with Gasteiger partial charge in [0, 0.05) is 32.1 Å². The molecule has 0 saturated heterocycles. The van der Waals surface area contributed by atoms with E-state index < -0.39 is 0 Å². The maximum Gasteiger partial charge on any atom is 0.110 e. The van der Waals surface area contributed by atoms with E-state index in [4.69, 9.17) is 11.6 Å². The van der Waals surface area contributed by atoms with Crippen molar-refractivity contribution >= 4 is 11.6 Å². The largest absolute Gasteiger partial charge is 0.338 e. The third kappa shape index (κ3) is 2.84. The Morgan fingerprint density at radius 1 is 1.41 bits per heavy atom. The van der Waals surface area contributed by atoms with Crippen molar-refractivity contribution in [3.8, 4) is 0 Å². The van der Waals surface area contributed by atoms with Gasteiger partial charge in [-0.15, -0.1) is 0 Å². The summed E-state index contributed by atoms with van der Waals surface area (Å²) >= 11 is 5.83. The monoisotopic (exact) mass is 250 g/mol. The number of imidazole rings is 1. The van der Waals surface area contributed by atoms with Crippen LogP contribution in [-0.2, 0) is 13.5 Å². The molecule has 0 spiro atoms. The van der Waals surface area contributed by atoms with E-state index in [-0.39, 0.29) is 6.04 Å². The Hall–Kier alpha value is -1.39. The summed E-state index contributed by atoms with van der Waals surface area (Å²) in [6.45, 7) is 0. The summed E-state index contributed by atoms with van der Waals surface area (Å²) in [4.78, 5) is 8.64. The summed E-state index contributed by atoms with van der Waals surface area (Å²) in [5.74, 6) is 1.03. The SMILES string of the molecule is CNC(Cc1nccn1C)c1ccc(Cl)cn1. The van der Waals surface area contributed by atoms with Gasteiger partial charge in [0.2, 0.25) is 0 Å². The third-order valence-electron chi connectivity index (χ3n) is 2.76. The molecule has 0 amide bonds. The molecule has 2 aromatic heterocycles. The predicted molar refractivity (Wildman–Crippen MR) is 68.0 cm³/mol. The quantitative estimate of drug-likeness (QED) is 0.902. The van der Waals surface area contributed by atoms with Gasteiger partial charge in [-0.2, -0.15) is 0 Å². The van der Waals surface area contributed by atoms with Gasteiger partial charge in [0.1, 0.15) is 5.82 Å². The number of nitrogens with zero attached hydrogens (tertiary/aromatic N) is 3. The van der Waals surface area contributed by atoms with Crippen molar-refractivity contribution in [3.05, 3.63) is 47.3 Å². The molecule has 1 unspecified atom stereocenters. The van der Waals surface area contributed by atoms with Gasteiger partial charge < -0.3 is 9.88 Å². The fraction of sp³-hybridized carbons (Fsp3) is 0.333. The topological polar surface area (TPSA) is 42.7 Å². The van der Waals surface area contributed by atoms with Crippen LogP contribution in [0, 0.1) is 0 Å². The number of hydrogen-bond acceptors (Lipinski definition) is 3. The second kappa shape index (κ2) is 5.29. The zero-order valence-corrected chi connectivity index (χ0v) is 10.6. The van der Waals surface area contributed by atoms with Crippen molar-refractivity contribution < 1.29 is 0 Å². The molecule has 4 nitrogen and oxygen atoms in total. The van der Waals surface area contributed by atoms with Gasteiger partial charge in [0.05, 0.1) is 16.8 Å². The van der Waals surface area contributed by atoms with Gasteiger partial charge in [0.25, 0.3) is 0 Å². The summed E-state index contributed by atoms with van der Waals surface area (Å²) in [7, 11) is 3.91. The predicted octanol–water partition coefficient (Wildman–Crippen LogP) is 1.97. The van der Waals surface area contributed by atoms with E-state index in [2.05, 4.69) is 15.3 Å². The molecule has 2 aromatic rings. The maximum atomic E-state index is 5.83. The van der Waals surface area contributed by atoms with E-state index in [0.29, 0.717) is 5.02 Å². The van der Waals surface area contributed by atoms with E-state index >= 15 is 0 Å². The molecular weight excluding hydrogens is 236 g/mol. The van der Waals surface area contributed by atoms with Crippen LogP contribution in [0.1, 0.15) is 17.6 Å². The summed E-state index contributed by atoms with van der Waals surface area (Å²) in [5.41, 5.74) is 0.972. The lowest BCUT2D eigenvalue weighted by atomic mass is 10.1. The molecule has 5 heteroatoms. The van der Waals surface area contributed by atoms with Crippen LogP contribution < -0.4 is 5.32 Å². The number of hydrogen-bond donors (Lipinski definition) is 1. The molecule has 2 rings (SSSR count). The number of likely N-dealkylation sites (N-methyl/N-ethyl adjacent to an activating group) is 1. The van der Waals surface area contributed by atoms with Gasteiger partial charge >= 0.3 is 0 Å². The number of aryl methyl sites for hydroxylation is 1. The molecule has 2 heterocycles. The number of nitrogens with one attached hydrogen (secondary N) is 1. The highest BCUT2D eigenvalue weighted by Gasteiger charge is 2.13. The average Bonchev–Trinajstić information content (AvgIpc) is 2.73. The van der Waals surface area contributed by atoms with Crippen LogP contribution in [0.5, 0.6) is 0 Å². The van der Waals surface area contributed by atoms with Crippen molar-refractivity contribution in [3.63, 3.8) is 0 Å². The third-order valence-corrected chi connectivity index (χ3v) is 2.99. The van der Waals surface area contributed by atoms with Crippen molar-refractivity contribution in [2.75, 3.05) is 7.05 Å². The lowest BCUT2D eigenvalue weighted by Gasteiger charge is -2.15. The lowest BCUT2D eigenvalue weighted by Crippen LogP contribution is -2.21. The Bertz CT molecular complexity index is 478. The van der Waals surface area contributed by atoms with Crippen LogP contribution in [0.3, 0.4) is 0 Å². The Labute approximate surface area is 106 Å². The van der Waals surface area contributed by atoms with Crippen LogP contribution in [0.25, 0.3) is 0 Å². The van der Waals surface area contributed by atoms with Crippen LogP contribution in [0.2, 0.25) is 5.02 Å². The van der Waals surface area contributed by atoms with Crippen LogP contribution >= 0.6 is 11.6 Å². The fourth-order valence-electron chi connectivity index (χ4n) is 1.72. The summed E-state index contributed by atoms with van der Waals surface area (Å²) < 4.78 is 2.01. The molecule has 17 heavy (non-hydrogen) atoms. The standard InChI is InChI=1S/C12H15ClN4/c1-14-11(7-12-15-5-6-17(12)2)10-4-3-9(13)8-16-10/h3-6,8,11,14H,7H2,1-2H3. The minimum atomic E-state index is 0.147. The Morgan fingerprint density at radius 3 is 2.76 bits per heavy atom. The van der Waals surface area contributed by atoms with Crippen LogP contribution in [-0.4, -0.2) is 21.6 Å². The maximum absolute atomic E-state index is 5.83. The number of aromatic nitrogens is 3. The molecule has 0 aromatic carbocycles. The lowest BCUT2D eigenvalue weighted by molar-refractivity contribution is 0.550. The molecule has 1 N–H and O–H groups in total. The van der Waals surface area contributed by atoms with Gasteiger partial charge in [-0.05, 0) is 19.2 Å². The van der Waals surface area contributed by atoms with Crippen molar-refractivity contribution in [2.24, 2.45) is 7.05 Å². The smallest absolute Gasteiger partial charge is 0.110 e. The number of rotatable bonds is 4. The minimum absolute atomic E-state index is 0.147. The van der Waals surface area contributed by atoms with Crippen LogP contribution in [0.4, 0.5) is 0 Å². The first-order chi connectivity index (χ1) is 8.20. The number of halogens is 1. The highest BCUT2D eigenvalue weighted by Crippen LogP contribution is 2.16. The molecule has 0 radical (unpaired) electrons. The van der Waals surface area contributed by atoms with Crippen LogP contribution in [0.15, 0.2) is 30.7 Å². The molecule has 0 aliphatic rings. The molecular formula is C12H15ClN4. The van der Waals surface area contributed by atoms with Crippen molar-refractivity contribution in [1.82, 2.24) is 19.9 Å². The van der Waals surface area contributed by atoms with Crippen molar-refractivity contribution in [2.45, 2.75) is 12.5 Å². The zero-order valence-electron chi connectivity index (χ0n) is 9.89. The highest BCUT2D eigenvalue weighted by atomic mass is 35.5. The van der Waals surface area contributed by atoms with E-state index in [0.717, 1.165) is 17.9 Å². The first kappa shape index (κ1) is 12.1. The summed E-state index contributed by atoms with van der Waals surface area (Å²) in [5, 5.41) is 3.90. The van der Waals surface area contributed by atoms with Crippen molar-refractivity contribution in [1.29, 1.82) is 0 Å². The van der Waals surface area contributed by atoms with E-state index in [1.807, 2.05) is 37.0 Å². The van der Waals surface area contributed by atoms with E-state index in [1.165, 1.54) is 0 Å². The molecule has 0 saturated carbocycles. The summed E-state index contributed by atoms with van der Waals surface area (Å²) in [6.07, 6.45) is 6.21.